The van der Waals surface area contributed by atoms with E-state index in [1.54, 1.807) is 24.3 Å². The molecule has 0 bridgehead atoms. The maximum absolute atomic E-state index is 12.4. The van der Waals surface area contributed by atoms with Gasteiger partial charge in [-0.3, -0.25) is 4.98 Å². The predicted octanol–water partition coefficient (Wildman–Crippen LogP) is 2.17. The summed E-state index contributed by atoms with van der Waals surface area (Å²) in [4.78, 5) is 4.19. The number of nitrogens with two attached hydrogens (primary N) is 1. The molecule has 2 aromatic carbocycles. The van der Waals surface area contributed by atoms with Crippen LogP contribution in [0.4, 0.5) is 0 Å². The van der Waals surface area contributed by atoms with Gasteiger partial charge in [0.05, 0.1) is 42.8 Å². The number of hydrogen-bond donors (Lipinski definition) is 3. The van der Waals surface area contributed by atoms with Crippen molar-refractivity contribution in [3.8, 4) is 17.6 Å². The van der Waals surface area contributed by atoms with E-state index in [9.17, 15) is 15.5 Å². The van der Waals surface area contributed by atoms with Crippen molar-refractivity contribution in [3.05, 3.63) is 89.2 Å². The summed E-state index contributed by atoms with van der Waals surface area (Å²) in [6, 6.07) is 18.6. The Morgan fingerprint density at radius 1 is 1.16 bits per heavy atom. The number of hydrogen-bond acceptors (Lipinski definition) is 7. The lowest BCUT2D eigenvalue weighted by atomic mass is 9.70. The number of nitrogens with zero attached hydrogens (tertiary/aromatic N) is 2. The van der Waals surface area contributed by atoms with Crippen LogP contribution in [-0.2, 0) is 11.2 Å². The Bertz CT molecular complexity index is 1190. The summed E-state index contributed by atoms with van der Waals surface area (Å²) >= 11 is 0. The number of aromatic nitrogens is 1. The van der Waals surface area contributed by atoms with Gasteiger partial charge in [-0.05, 0) is 29.8 Å². The normalized spacial score (nSPS) is 30.2. The van der Waals surface area contributed by atoms with Gasteiger partial charge < -0.3 is 25.4 Å². The summed E-state index contributed by atoms with van der Waals surface area (Å²) in [6.07, 6.45) is 1.77. The topological polar surface area (TPSA) is 122 Å². The first-order valence-corrected chi connectivity index (χ1v) is 10.4. The summed E-state index contributed by atoms with van der Waals surface area (Å²) in [5, 5.41) is 33.3. The Morgan fingerprint density at radius 3 is 2.50 bits per heavy atom. The number of aliphatic hydroxyl groups is 2. The molecule has 0 radical (unpaired) electrons. The standard InChI is InChI=1S/C25H23N3O4/c1-31-19-13-28-14-20-22(19)24(30)23(29)18(12-27)21(16-5-3-2-4-6-16)25(24,32-20)17-9-7-15(11-26)8-10-17/h2-10,13-14,18,21,23,29-30H,12,27H2,1H3/t18-,21?,23-,24?,25?/m1/s1. The summed E-state index contributed by atoms with van der Waals surface area (Å²) in [5.41, 5.74) is 5.23. The quantitative estimate of drug-likeness (QED) is 0.581. The van der Waals surface area contributed by atoms with Crippen LogP contribution in [0.3, 0.4) is 0 Å². The third-order valence-electron chi connectivity index (χ3n) is 6.89. The molecule has 1 aliphatic heterocycles. The van der Waals surface area contributed by atoms with Crippen molar-refractivity contribution in [2.24, 2.45) is 11.7 Å². The van der Waals surface area contributed by atoms with Gasteiger partial charge in [0, 0.05) is 11.8 Å². The fourth-order valence-electron chi connectivity index (χ4n) is 5.59. The third kappa shape index (κ3) is 2.43. The highest BCUT2D eigenvalue weighted by atomic mass is 16.5. The maximum Gasteiger partial charge on any atom is 0.177 e. The van der Waals surface area contributed by atoms with E-state index in [1.807, 2.05) is 30.3 Å². The van der Waals surface area contributed by atoms with Gasteiger partial charge >= 0.3 is 0 Å². The molecule has 3 unspecified atom stereocenters. The van der Waals surface area contributed by atoms with E-state index >= 15 is 0 Å². The lowest BCUT2D eigenvalue weighted by molar-refractivity contribution is -0.152. The number of nitriles is 1. The van der Waals surface area contributed by atoms with Crippen LogP contribution in [0, 0.1) is 17.2 Å². The summed E-state index contributed by atoms with van der Waals surface area (Å²) < 4.78 is 12.1. The monoisotopic (exact) mass is 429 g/mol. The Labute approximate surface area is 185 Å². The van der Waals surface area contributed by atoms with Crippen LogP contribution in [0.15, 0.2) is 67.0 Å². The van der Waals surface area contributed by atoms with Crippen molar-refractivity contribution < 1.29 is 19.7 Å². The lowest BCUT2D eigenvalue weighted by Crippen LogP contribution is -2.52. The van der Waals surface area contributed by atoms with Crippen LogP contribution in [0.2, 0.25) is 0 Å². The van der Waals surface area contributed by atoms with E-state index in [-0.39, 0.29) is 6.54 Å². The minimum absolute atomic E-state index is 0.132. The van der Waals surface area contributed by atoms with E-state index in [0.29, 0.717) is 28.2 Å². The van der Waals surface area contributed by atoms with Crippen molar-refractivity contribution in [2.45, 2.75) is 23.2 Å². The van der Waals surface area contributed by atoms with Gasteiger partial charge in [-0.15, -0.1) is 0 Å². The molecule has 1 aliphatic carbocycles. The van der Waals surface area contributed by atoms with Crippen LogP contribution in [0.1, 0.15) is 28.2 Å². The van der Waals surface area contributed by atoms with Crippen LogP contribution < -0.4 is 15.2 Å². The Hall–Kier alpha value is -3.44. The van der Waals surface area contributed by atoms with Crippen LogP contribution in [0.5, 0.6) is 11.5 Å². The van der Waals surface area contributed by atoms with Gasteiger partial charge in [0.2, 0.25) is 0 Å². The first-order chi connectivity index (χ1) is 15.5. The van der Waals surface area contributed by atoms with Crippen molar-refractivity contribution in [3.63, 3.8) is 0 Å². The van der Waals surface area contributed by atoms with Crippen molar-refractivity contribution in [2.75, 3.05) is 13.7 Å². The van der Waals surface area contributed by atoms with E-state index in [4.69, 9.17) is 15.2 Å². The average Bonchev–Trinajstić information content (AvgIpc) is 3.22. The first kappa shape index (κ1) is 20.5. The van der Waals surface area contributed by atoms with E-state index in [1.165, 1.54) is 19.5 Å². The second-order valence-electron chi connectivity index (χ2n) is 8.24. The van der Waals surface area contributed by atoms with E-state index in [0.717, 1.165) is 5.56 Å². The largest absolute Gasteiger partial charge is 0.495 e. The first-order valence-electron chi connectivity index (χ1n) is 10.4. The zero-order valence-electron chi connectivity index (χ0n) is 17.5. The fraction of sp³-hybridized carbons (Fsp3) is 0.280. The minimum Gasteiger partial charge on any atom is -0.495 e. The zero-order valence-corrected chi connectivity index (χ0v) is 17.5. The number of fused-ring (bicyclic) bond motifs is 3. The molecular weight excluding hydrogens is 406 g/mol. The highest BCUT2D eigenvalue weighted by molar-refractivity contribution is 5.59. The smallest absolute Gasteiger partial charge is 0.177 e. The van der Waals surface area contributed by atoms with Gasteiger partial charge in [0.25, 0.3) is 0 Å². The minimum atomic E-state index is -1.87. The van der Waals surface area contributed by atoms with Gasteiger partial charge in [0.1, 0.15) is 11.5 Å². The molecule has 1 aromatic heterocycles. The van der Waals surface area contributed by atoms with Gasteiger partial charge in [-0.25, -0.2) is 0 Å². The van der Waals surface area contributed by atoms with Crippen molar-refractivity contribution in [1.82, 2.24) is 4.98 Å². The second kappa shape index (κ2) is 7.31. The Balaban J connectivity index is 1.86. The number of benzene rings is 2. The molecule has 162 valence electrons. The fourth-order valence-corrected chi connectivity index (χ4v) is 5.59. The highest BCUT2D eigenvalue weighted by Crippen LogP contribution is 2.69. The number of aliphatic hydroxyl groups excluding tert-OH is 1. The van der Waals surface area contributed by atoms with Crippen LogP contribution in [0.25, 0.3) is 0 Å². The molecule has 4 N–H and O–H groups in total. The molecule has 0 spiro atoms. The number of rotatable bonds is 4. The SMILES string of the molecule is COc1cncc2c1C1(O)[C@H](O)[C@H](CN)C(c3ccccc3)C1(c1ccc(C#N)cc1)O2. The van der Waals surface area contributed by atoms with Crippen LogP contribution >= 0.6 is 0 Å². The molecule has 0 saturated heterocycles. The molecule has 2 aliphatic rings. The summed E-state index contributed by atoms with van der Waals surface area (Å²) in [6.45, 7) is 0.132. The maximum atomic E-state index is 12.4. The molecule has 2 heterocycles. The van der Waals surface area contributed by atoms with Gasteiger partial charge in [-0.1, -0.05) is 42.5 Å². The molecule has 7 heteroatoms. The van der Waals surface area contributed by atoms with Crippen molar-refractivity contribution >= 4 is 0 Å². The van der Waals surface area contributed by atoms with E-state index < -0.39 is 29.1 Å². The highest BCUT2D eigenvalue weighted by Gasteiger charge is 2.76. The van der Waals surface area contributed by atoms with E-state index in [2.05, 4.69) is 11.1 Å². The molecular formula is C25H23N3O4. The second-order valence-corrected chi connectivity index (χ2v) is 8.24. The molecule has 1 saturated carbocycles. The Morgan fingerprint density at radius 2 is 1.88 bits per heavy atom. The molecule has 0 amide bonds. The predicted molar refractivity (Wildman–Crippen MR) is 116 cm³/mol. The summed E-state index contributed by atoms with van der Waals surface area (Å²) in [5.74, 6) is -0.335. The van der Waals surface area contributed by atoms with Gasteiger partial charge in [0.15, 0.2) is 11.2 Å². The lowest BCUT2D eigenvalue weighted by Gasteiger charge is -2.41. The Kier molecular flexibility index (Phi) is 4.68. The average molecular weight is 429 g/mol. The zero-order chi connectivity index (χ0) is 22.5. The molecule has 5 atom stereocenters. The molecule has 5 rings (SSSR count). The number of pyridine rings is 1. The summed E-state index contributed by atoms with van der Waals surface area (Å²) in [7, 11) is 1.48. The van der Waals surface area contributed by atoms with Crippen molar-refractivity contribution in [1.29, 1.82) is 5.26 Å². The number of ether oxygens (including phenoxy) is 2. The molecule has 32 heavy (non-hydrogen) atoms. The van der Waals surface area contributed by atoms with Gasteiger partial charge in [-0.2, -0.15) is 5.26 Å². The number of methoxy groups -OCH3 is 1. The third-order valence-corrected chi connectivity index (χ3v) is 6.89. The van der Waals surface area contributed by atoms with Crippen LogP contribution in [-0.4, -0.2) is 35.0 Å². The molecule has 1 fully saturated rings. The molecule has 3 aromatic rings. The molecule has 7 nitrogen and oxygen atoms in total.